The molecule has 1 aliphatic heterocycles. The second-order valence-corrected chi connectivity index (χ2v) is 6.03. The minimum atomic E-state index is -1.27. The number of hydrogen-bond donors (Lipinski definition) is 0. The molecule has 11 heteroatoms. The predicted molar refractivity (Wildman–Crippen MR) is 89.8 cm³/mol. The van der Waals surface area contributed by atoms with Crippen molar-refractivity contribution in [3.63, 3.8) is 0 Å². The van der Waals surface area contributed by atoms with Gasteiger partial charge in [-0.25, -0.2) is 0 Å². The van der Waals surface area contributed by atoms with Gasteiger partial charge in [-0.15, -0.1) is 0 Å². The second-order valence-electron chi connectivity index (χ2n) is 6.03. The summed E-state index contributed by atoms with van der Waals surface area (Å²) in [6.07, 6.45) is -7.12. The Morgan fingerprint density at radius 3 is 1.71 bits per heavy atom. The molecule has 1 unspecified atom stereocenters. The number of carbonyl (C=O) groups is 4. The average molecular weight is 406 g/mol. The predicted octanol–water partition coefficient (Wildman–Crippen LogP) is -0.269. The van der Waals surface area contributed by atoms with E-state index >= 15 is 0 Å². The second kappa shape index (κ2) is 10.9. The highest BCUT2D eigenvalue weighted by Crippen LogP contribution is 2.31. The van der Waals surface area contributed by atoms with E-state index in [4.69, 9.17) is 33.2 Å². The standard InChI is InChI=1S/C17H26O11/c1-8(18)24-12(7-22-5)13-14(25-9(2)19)15(26-10(3)20)16(27-11(4)21)17(23-6)28-13/h12-17H,7H2,1-6H3/t12-,13-,14-,15+,16-,17?/m1/s1. The molecule has 0 radical (unpaired) electrons. The van der Waals surface area contributed by atoms with Crippen molar-refractivity contribution in [3.05, 3.63) is 0 Å². The first-order valence-corrected chi connectivity index (χ1v) is 8.46. The third-order valence-corrected chi connectivity index (χ3v) is 3.68. The van der Waals surface area contributed by atoms with Gasteiger partial charge in [-0.2, -0.15) is 0 Å². The van der Waals surface area contributed by atoms with Gasteiger partial charge in [-0.3, -0.25) is 19.2 Å². The van der Waals surface area contributed by atoms with Gasteiger partial charge >= 0.3 is 23.9 Å². The quantitative estimate of drug-likeness (QED) is 0.389. The van der Waals surface area contributed by atoms with E-state index in [2.05, 4.69) is 0 Å². The summed E-state index contributed by atoms with van der Waals surface area (Å²) >= 11 is 0. The largest absolute Gasteiger partial charge is 0.457 e. The maximum atomic E-state index is 11.7. The van der Waals surface area contributed by atoms with E-state index in [1.165, 1.54) is 21.1 Å². The van der Waals surface area contributed by atoms with Crippen LogP contribution in [0.4, 0.5) is 0 Å². The van der Waals surface area contributed by atoms with E-state index in [0.717, 1.165) is 20.8 Å². The van der Waals surface area contributed by atoms with Gasteiger partial charge in [-0.05, 0) is 0 Å². The molecule has 28 heavy (non-hydrogen) atoms. The number of rotatable bonds is 8. The lowest BCUT2D eigenvalue weighted by molar-refractivity contribution is -0.312. The minimum absolute atomic E-state index is 0.108. The van der Waals surface area contributed by atoms with Crippen LogP contribution >= 0.6 is 0 Å². The summed E-state index contributed by atoms with van der Waals surface area (Å²) in [5, 5.41) is 0. The fraction of sp³-hybridized carbons (Fsp3) is 0.765. The number of hydrogen-bond acceptors (Lipinski definition) is 11. The summed E-state index contributed by atoms with van der Waals surface area (Å²) in [4.78, 5) is 46.3. The van der Waals surface area contributed by atoms with Crippen LogP contribution in [0.5, 0.6) is 0 Å². The van der Waals surface area contributed by atoms with E-state index in [1.54, 1.807) is 0 Å². The highest BCUT2D eigenvalue weighted by Gasteiger charge is 2.55. The van der Waals surface area contributed by atoms with Gasteiger partial charge in [-0.1, -0.05) is 0 Å². The molecule has 1 fully saturated rings. The SMILES string of the molecule is COC[C@@H](OC(C)=O)[C@H]1OC(OC)[C@H](OC(C)=O)[C@@H](OC(C)=O)[C@@H]1OC(C)=O. The molecule has 1 heterocycles. The Labute approximate surface area is 162 Å². The van der Waals surface area contributed by atoms with Gasteiger partial charge in [0.15, 0.2) is 30.7 Å². The molecule has 1 saturated heterocycles. The average Bonchev–Trinajstić information content (AvgIpc) is 2.56. The van der Waals surface area contributed by atoms with Crippen molar-refractivity contribution in [3.8, 4) is 0 Å². The van der Waals surface area contributed by atoms with E-state index in [1.807, 2.05) is 0 Å². The van der Waals surface area contributed by atoms with Crippen molar-refractivity contribution in [1.82, 2.24) is 0 Å². The normalized spacial score (nSPS) is 28.0. The number of ether oxygens (including phenoxy) is 7. The molecule has 6 atom stereocenters. The van der Waals surface area contributed by atoms with E-state index in [0.29, 0.717) is 0 Å². The fourth-order valence-electron chi connectivity index (χ4n) is 2.87. The zero-order valence-corrected chi connectivity index (χ0v) is 16.7. The summed E-state index contributed by atoms with van der Waals surface area (Å²) in [5.74, 6) is -2.76. The Kier molecular flexibility index (Phi) is 9.29. The van der Waals surface area contributed by atoms with Gasteiger partial charge in [0.05, 0.1) is 6.61 Å². The molecular weight excluding hydrogens is 380 g/mol. The maximum Gasteiger partial charge on any atom is 0.303 e. The Hall–Kier alpha value is -2.24. The Balaban J connectivity index is 3.38. The van der Waals surface area contributed by atoms with Gasteiger partial charge in [0.1, 0.15) is 6.10 Å². The van der Waals surface area contributed by atoms with Gasteiger partial charge in [0, 0.05) is 41.9 Å². The molecule has 0 aliphatic carbocycles. The molecule has 1 rings (SSSR count). The van der Waals surface area contributed by atoms with Crippen LogP contribution in [0.3, 0.4) is 0 Å². The third kappa shape index (κ3) is 6.73. The first kappa shape index (κ1) is 23.8. The maximum absolute atomic E-state index is 11.7. The van der Waals surface area contributed by atoms with Crippen molar-refractivity contribution in [2.75, 3.05) is 20.8 Å². The lowest BCUT2D eigenvalue weighted by Crippen LogP contribution is -2.65. The summed E-state index contributed by atoms with van der Waals surface area (Å²) in [5.41, 5.74) is 0. The highest BCUT2D eigenvalue weighted by atomic mass is 16.7. The first-order chi connectivity index (χ1) is 13.1. The summed E-state index contributed by atoms with van der Waals surface area (Å²) < 4.78 is 37.0. The lowest BCUT2D eigenvalue weighted by Gasteiger charge is -2.45. The van der Waals surface area contributed by atoms with Crippen molar-refractivity contribution < 1.29 is 52.3 Å². The van der Waals surface area contributed by atoms with Gasteiger partial charge in [0.25, 0.3) is 0 Å². The summed E-state index contributed by atoms with van der Waals surface area (Å²) in [6.45, 7) is 4.51. The number of methoxy groups -OCH3 is 2. The summed E-state index contributed by atoms with van der Waals surface area (Å²) in [6, 6.07) is 0. The van der Waals surface area contributed by atoms with Crippen LogP contribution < -0.4 is 0 Å². The molecule has 0 aromatic heterocycles. The van der Waals surface area contributed by atoms with E-state index < -0.39 is 60.7 Å². The Bertz CT molecular complexity index is 575. The Morgan fingerprint density at radius 1 is 0.786 bits per heavy atom. The smallest absolute Gasteiger partial charge is 0.303 e. The fourth-order valence-corrected chi connectivity index (χ4v) is 2.87. The molecule has 0 saturated carbocycles. The van der Waals surface area contributed by atoms with Gasteiger partial charge < -0.3 is 33.2 Å². The Morgan fingerprint density at radius 2 is 1.29 bits per heavy atom. The number of carbonyl (C=O) groups excluding carboxylic acids is 4. The monoisotopic (exact) mass is 406 g/mol. The number of esters is 4. The van der Waals surface area contributed by atoms with Crippen LogP contribution in [0, 0.1) is 0 Å². The minimum Gasteiger partial charge on any atom is -0.457 e. The molecule has 0 aromatic rings. The van der Waals surface area contributed by atoms with Crippen LogP contribution in [-0.4, -0.2) is 81.5 Å². The van der Waals surface area contributed by atoms with Crippen LogP contribution in [0.25, 0.3) is 0 Å². The van der Waals surface area contributed by atoms with Crippen LogP contribution in [0.15, 0.2) is 0 Å². The van der Waals surface area contributed by atoms with Crippen LogP contribution in [0.2, 0.25) is 0 Å². The van der Waals surface area contributed by atoms with Crippen LogP contribution in [-0.2, 0) is 52.3 Å². The third-order valence-electron chi connectivity index (χ3n) is 3.68. The zero-order valence-electron chi connectivity index (χ0n) is 16.7. The van der Waals surface area contributed by atoms with E-state index in [9.17, 15) is 19.2 Å². The molecule has 0 amide bonds. The molecule has 0 bridgehead atoms. The first-order valence-electron chi connectivity index (χ1n) is 8.46. The molecular formula is C17H26O11. The van der Waals surface area contributed by atoms with Crippen molar-refractivity contribution in [2.24, 2.45) is 0 Å². The molecule has 0 spiro atoms. The van der Waals surface area contributed by atoms with Crippen molar-refractivity contribution >= 4 is 23.9 Å². The zero-order chi connectivity index (χ0) is 21.4. The molecule has 1 aliphatic rings. The van der Waals surface area contributed by atoms with Crippen LogP contribution in [0.1, 0.15) is 27.7 Å². The molecule has 0 N–H and O–H groups in total. The molecule has 160 valence electrons. The van der Waals surface area contributed by atoms with E-state index in [-0.39, 0.29) is 6.61 Å². The van der Waals surface area contributed by atoms with Gasteiger partial charge in [0.2, 0.25) is 0 Å². The molecule has 0 aromatic carbocycles. The molecule has 11 nitrogen and oxygen atoms in total. The lowest BCUT2D eigenvalue weighted by atomic mass is 9.94. The van der Waals surface area contributed by atoms with Crippen molar-refractivity contribution in [2.45, 2.75) is 64.5 Å². The summed E-state index contributed by atoms with van der Waals surface area (Å²) in [7, 11) is 2.66. The topological polar surface area (TPSA) is 133 Å². The van der Waals surface area contributed by atoms with Crippen molar-refractivity contribution in [1.29, 1.82) is 0 Å². The highest BCUT2D eigenvalue weighted by molar-refractivity contribution is 5.68.